The molecule has 0 spiro atoms. The molecular weight excluding hydrogens is 376 g/mol. The van der Waals surface area contributed by atoms with Crippen molar-refractivity contribution in [2.45, 2.75) is 44.6 Å². The van der Waals surface area contributed by atoms with Gasteiger partial charge in [-0.2, -0.15) is 9.40 Å². The monoisotopic (exact) mass is 402 g/mol. The smallest absolute Gasteiger partial charge is 0.274 e. The van der Waals surface area contributed by atoms with E-state index in [1.165, 1.54) is 4.31 Å². The molecule has 0 saturated carbocycles. The van der Waals surface area contributed by atoms with Crippen molar-refractivity contribution in [3.8, 4) is 0 Å². The summed E-state index contributed by atoms with van der Waals surface area (Å²) in [6, 6.07) is 7.10. The normalized spacial score (nSPS) is 18.1. The summed E-state index contributed by atoms with van der Waals surface area (Å²) < 4.78 is 29.3. The summed E-state index contributed by atoms with van der Waals surface area (Å²) in [5.74, 6) is -0.106. The van der Waals surface area contributed by atoms with Crippen LogP contribution in [0.5, 0.6) is 0 Å². The summed E-state index contributed by atoms with van der Waals surface area (Å²) in [6.45, 7) is 6.10. The second-order valence-corrected chi connectivity index (χ2v) is 9.58. The highest BCUT2D eigenvalue weighted by Crippen LogP contribution is 2.22. The molecule has 28 heavy (non-hydrogen) atoms. The zero-order chi connectivity index (χ0) is 19.9. The maximum atomic E-state index is 12.9. The van der Waals surface area contributed by atoms with E-state index >= 15 is 0 Å². The van der Waals surface area contributed by atoms with E-state index < -0.39 is 10.0 Å². The number of carbonyl (C=O) groups is 1. The first kappa shape index (κ1) is 19.1. The van der Waals surface area contributed by atoms with Crippen LogP contribution < -0.4 is 0 Å². The van der Waals surface area contributed by atoms with Crippen molar-refractivity contribution in [3.05, 3.63) is 46.8 Å². The summed E-state index contributed by atoms with van der Waals surface area (Å²) in [5.41, 5.74) is 3.61. The predicted molar refractivity (Wildman–Crippen MR) is 106 cm³/mol. The molecule has 150 valence electrons. The van der Waals surface area contributed by atoms with Gasteiger partial charge in [0.05, 0.1) is 4.90 Å². The number of aryl methyl sites for hydroxylation is 4. The molecule has 2 aromatic rings. The molecule has 0 aliphatic carbocycles. The van der Waals surface area contributed by atoms with Crippen molar-refractivity contribution in [2.75, 3.05) is 26.2 Å². The SMILES string of the molecule is Cc1ccc(S(=O)(=O)N2CCN(C(=O)c3cc4n(n3)CCCC4)CC2)cc1C. The van der Waals surface area contributed by atoms with E-state index in [4.69, 9.17) is 0 Å². The van der Waals surface area contributed by atoms with Gasteiger partial charge in [0.2, 0.25) is 10.0 Å². The van der Waals surface area contributed by atoms with Gasteiger partial charge in [0, 0.05) is 38.4 Å². The lowest BCUT2D eigenvalue weighted by Gasteiger charge is -2.33. The second kappa shape index (κ2) is 7.33. The third-order valence-electron chi connectivity index (χ3n) is 5.78. The molecule has 0 atom stereocenters. The molecule has 2 aliphatic rings. The Hall–Kier alpha value is -2.19. The van der Waals surface area contributed by atoms with Crippen LogP contribution in [0.2, 0.25) is 0 Å². The van der Waals surface area contributed by atoms with E-state index in [9.17, 15) is 13.2 Å². The van der Waals surface area contributed by atoms with Crippen LogP contribution in [0.1, 0.15) is 40.2 Å². The fourth-order valence-electron chi connectivity index (χ4n) is 3.84. The summed E-state index contributed by atoms with van der Waals surface area (Å²) in [4.78, 5) is 14.8. The number of hydrogen-bond acceptors (Lipinski definition) is 4. The summed E-state index contributed by atoms with van der Waals surface area (Å²) in [6.07, 6.45) is 3.19. The molecule has 1 aromatic heterocycles. The fraction of sp³-hybridized carbons (Fsp3) is 0.500. The fourth-order valence-corrected chi connectivity index (χ4v) is 5.35. The lowest BCUT2D eigenvalue weighted by Crippen LogP contribution is -2.50. The number of rotatable bonds is 3. The number of amides is 1. The maximum Gasteiger partial charge on any atom is 0.274 e. The largest absolute Gasteiger partial charge is 0.335 e. The highest BCUT2D eigenvalue weighted by Gasteiger charge is 2.31. The first-order valence-corrected chi connectivity index (χ1v) is 11.2. The van der Waals surface area contributed by atoms with Crippen LogP contribution in [0, 0.1) is 13.8 Å². The zero-order valence-electron chi connectivity index (χ0n) is 16.4. The average Bonchev–Trinajstić information content (AvgIpc) is 3.13. The Labute approximate surface area is 166 Å². The minimum Gasteiger partial charge on any atom is -0.335 e. The minimum atomic E-state index is -3.54. The van der Waals surface area contributed by atoms with Crippen molar-refractivity contribution < 1.29 is 13.2 Å². The Morgan fingerprint density at radius 2 is 1.71 bits per heavy atom. The Bertz CT molecular complexity index is 981. The van der Waals surface area contributed by atoms with Crippen molar-refractivity contribution in [2.24, 2.45) is 0 Å². The van der Waals surface area contributed by atoms with Gasteiger partial charge in [-0.1, -0.05) is 6.07 Å². The molecule has 2 aliphatic heterocycles. The van der Waals surface area contributed by atoms with E-state index in [0.29, 0.717) is 36.8 Å². The maximum absolute atomic E-state index is 12.9. The summed E-state index contributed by atoms with van der Waals surface area (Å²) in [5, 5.41) is 4.45. The van der Waals surface area contributed by atoms with Crippen LogP contribution >= 0.6 is 0 Å². The van der Waals surface area contributed by atoms with Gasteiger partial charge in [0.1, 0.15) is 0 Å². The number of fused-ring (bicyclic) bond motifs is 1. The van der Waals surface area contributed by atoms with Crippen LogP contribution in [0.3, 0.4) is 0 Å². The van der Waals surface area contributed by atoms with Crippen molar-refractivity contribution >= 4 is 15.9 Å². The average molecular weight is 403 g/mol. The first-order chi connectivity index (χ1) is 13.4. The van der Waals surface area contributed by atoms with Crippen LogP contribution in [-0.2, 0) is 23.0 Å². The molecule has 1 saturated heterocycles. The lowest BCUT2D eigenvalue weighted by atomic mass is 10.1. The number of piperazine rings is 1. The molecule has 1 aromatic carbocycles. The van der Waals surface area contributed by atoms with Crippen LogP contribution in [0.4, 0.5) is 0 Å². The number of aromatic nitrogens is 2. The molecule has 8 heteroatoms. The molecule has 7 nitrogen and oxygen atoms in total. The first-order valence-electron chi connectivity index (χ1n) is 9.80. The Morgan fingerprint density at radius 1 is 0.964 bits per heavy atom. The topological polar surface area (TPSA) is 75.5 Å². The molecular formula is C20H26N4O3S. The third kappa shape index (κ3) is 3.46. The molecule has 3 heterocycles. The van der Waals surface area contributed by atoms with E-state index in [2.05, 4.69) is 5.10 Å². The van der Waals surface area contributed by atoms with Gasteiger partial charge in [-0.25, -0.2) is 8.42 Å². The van der Waals surface area contributed by atoms with Gasteiger partial charge in [0.15, 0.2) is 5.69 Å². The van der Waals surface area contributed by atoms with Crippen molar-refractivity contribution in [3.63, 3.8) is 0 Å². The Balaban J connectivity index is 1.44. The van der Waals surface area contributed by atoms with Crippen LogP contribution in [0.15, 0.2) is 29.2 Å². The number of sulfonamides is 1. The van der Waals surface area contributed by atoms with Crippen LogP contribution in [0.25, 0.3) is 0 Å². The van der Waals surface area contributed by atoms with E-state index in [1.54, 1.807) is 17.0 Å². The highest BCUT2D eigenvalue weighted by molar-refractivity contribution is 7.89. The zero-order valence-corrected chi connectivity index (χ0v) is 17.2. The van der Waals surface area contributed by atoms with Gasteiger partial charge in [0.25, 0.3) is 5.91 Å². The molecule has 1 fully saturated rings. The summed E-state index contributed by atoms with van der Waals surface area (Å²) >= 11 is 0. The van der Waals surface area contributed by atoms with Crippen molar-refractivity contribution in [1.82, 2.24) is 19.0 Å². The summed E-state index contributed by atoms with van der Waals surface area (Å²) in [7, 11) is -3.54. The quantitative estimate of drug-likeness (QED) is 0.787. The molecule has 1 amide bonds. The number of nitrogens with zero attached hydrogens (tertiary/aromatic N) is 4. The highest BCUT2D eigenvalue weighted by atomic mass is 32.2. The van der Waals surface area contributed by atoms with Gasteiger partial charge in [-0.15, -0.1) is 0 Å². The van der Waals surface area contributed by atoms with E-state index in [0.717, 1.165) is 42.6 Å². The molecule has 0 unspecified atom stereocenters. The Morgan fingerprint density at radius 3 is 2.39 bits per heavy atom. The van der Waals surface area contributed by atoms with Crippen LogP contribution in [-0.4, -0.2) is 59.5 Å². The van der Waals surface area contributed by atoms with E-state index in [1.807, 2.05) is 30.7 Å². The second-order valence-electron chi connectivity index (χ2n) is 7.64. The number of hydrogen-bond donors (Lipinski definition) is 0. The lowest BCUT2D eigenvalue weighted by molar-refractivity contribution is 0.0691. The predicted octanol–water partition coefficient (Wildman–Crippen LogP) is 1.98. The number of carbonyl (C=O) groups excluding carboxylic acids is 1. The van der Waals surface area contributed by atoms with Crippen molar-refractivity contribution in [1.29, 1.82) is 0 Å². The molecule has 4 rings (SSSR count). The molecule has 0 N–H and O–H groups in total. The van der Waals surface area contributed by atoms with Gasteiger partial charge < -0.3 is 4.90 Å². The minimum absolute atomic E-state index is 0.106. The molecule has 0 bridgehead atoms. The van der Waals surface area contributed by atoms with Gasteiger partial charge >= 0.3 is 0 Å². The van der Waals surface area contributed by atoms with Gasteiger partial charge in [-0.05, 0) is 62.4 Å². The van der Waals surface area contributed by atoms with Gasteiger partial charge in [-0.3, -0.25) is 9.48 Å². The van der Waals surface area contributed by atoms with E-state index in [-0.39, 0.29) is 5.91 Å². The number of benzene rings is 1. The standard InChI is InChI=1S/C20H26N4O3S/c1-15-6-7-18(13-16(15)2)28(26,27)23-11-9-22(10-12-23)20(25)19-14-17-5-3-4-8-24(17)21-19/h6-7,13-14H,3-5,8-12H2,1-2H3. The molecule has 0 radical (unpaired) electrons. The third-order valence-corrected chi connectivity index (χ3v) is 7.67. The Kier molecular flexibility index (Phi) is 5.01.